The molecule has 58 heavy (non-hydrogen) atoms. The van der Waals surface area contributed by atoms with E-state index in [9.17, 15) is 64.5 Å². The van der Waals surface area contributed by atoms with E-state index in [1.807, 2.05) is 0 Å². The van der Waals surface area contributed by atoms with Gasteiger partial charge in [0.1, 0.15) is 17.1 Å². The van der Waals surface area contributed by atoms with Gasteiger partial charge in [0.05, 0.1) is 5.56 Å². The van der Waals surface area contributed by atoms with Gasteiger partial charge in [0.2, 0.25) is 0 Å². The monoisotopic (exact) mass is 850 g/mol. The molecule has 0 bridgehead atoms. The second kappa shape index (κ2) is 17.9. The van der Waals surface area contributed by atoms with E-state index < -0.39 is 61.9 Å². The molecule has 4 rings (SSSR count). The molecule has 0 saturated carbocycles. The van der Waals surface area contributed by atoms with Crippen LogP contribution in [-0.4, -0.2) is 88.6 Å². The molecule has 1 aliphatic carbocycles. The first-order valence-corrected chi connectivity index (χ1v) is 17.6. The molecule has 2 aromatic rings. The quantitative estimate of drug-likeness (QED) is 0.0306. The summed E-state index contributed by atoms with van der Waals surface area (Å²) in [6.45, 7) is 0.993. The number of hydrogen-bond acceptors (Lipinski definition) is 9. The zero-order valence-electron chi connectivity index (χ0n) is 30.3. The predicted molar refractivity (Wildman–Crippen MR) is 194 cm³/mol. The summed E-state index contributed by atoms with van der Waals surface area (Å²) in [5.41, 5.74) is 1.05. The van der Waals surface area contributed by atoms with E-state index in [0.717, 1.165) is 13.8 Å². The molecular weight excluding hydrogens is 816 g/mol. The number of carboxylic acid groups (broad SMARTS) is 1. The lowest BCUT2D eigenvalue weighted by molar-refractivity contribution is -0.500. The van der Waals surface area contributed by atoms with Gasteiger partial charge in [0.25, 0.3) is 0 Å². The molecule has 0 saturated heterocycles. The number of aromatic carboxylic acids is 1. The molecule has 0 unspecified atom stereocenters. The van der Waals surface area contributed by atoms with Crippen LogP contribution >= 0.6 is 12.2 Å². The van der Waals surface area contributed by atoms with Crippen LogP contribution in [0.1, 0.15) is 43.5 Å². The van der Waals surface area contributed by atoms with Gasteiger partial charge in [-0.15, -0.1) is 0 Å². The Kier molecular flexibility index (Phi) is 13.9. The Hall–Kier alpha value is -5.61. The number of unbranched alkanes of at least 4 members (excludes halogenated alkanes) is 2. The minimum atomic E-state index is -6.51. The van der Waals surface area contributed by atoms with Gasteiger partial charge in [-0.3, -0.25) is 14.4 Å². The maximum Gasteiger partial charge on any atom is 0.453 e. The zero-order chi connectivity index (χ0) is 43.2. The van der Waals surface area contributed by atoms with Crippen molar-refractivity contribution >= 4 is 51.8 Å². The maximum atomic E-state index is 14.0. The Balaban J connectivity index is 1.28. The molecule has 0 radical (unpaired) electrons. The van der Waals surface area contributed by atoms with Crippen LogP contribution in [0.2, 0.25) is 0 Å². The van der Waals surface area contributed by atoms with Crippen molar-refractivity contribution in [3.8, 4) is 28.2 Å². The fourth-order valence-electron chi connectivity index (χ4n) is 5.50. The Morgan fingerprint density at radius 2 is 1.40 bits per heavy atom. The third kappa shape index (κ3) is 10.5. The number of hydrogen-bond donors (Lipinski definition) is 5. The number of phenolic OH excluding ortho intramolecular Hbond substituents is 1. The highest BCUT2D eigenvalue weighted by molar-refractivity contribution is 7.80. The molecular formula is C36H34F8N4O9S. The first-order chi connectivity index (χ1) is 27.0. The second-order valence-electron chi connectivity index (χ2n) is 12.3. The van der Waals surface area contributed by atoms with Crippen molar-refractivity contribution < 1.29 is 73.6 Å². The van der Waals surface area contributed by atoms with Gasteiger partial charge >= 0.3 is 42.2 Å². The van der Waals surface area contributed by atoms with E-state index >= 15 is 0 Å². The number of phenols is 1. The molecule has 0 fully saturated rings. The predicted octanol–water partition coefficient (Wildman–Crippen LogP) is 6.81. The van der Waals surface area contributed by atoms with Crippen molar-refractivity contribution in [2.45, 2.75) is 57.5 Å². The lowest BCUT2D eigenvalue weighted by Gasteiger charge is -2.31. The van der Waals surface area contributed by atoms with Crippen LogP contribution in [0.3, 0.4) is 0 Å². The van der Waals surface area contributed by atoms with E-state index in [-0.39, 0.29) is 75.2 Å². The molecule has 0 aromatic heterocycles. The summed E-state index contributed by atoms with van der Waals surface area (Å²) in [6, 6.07) is 12.6. The highest BCUT2D eigenvalue weighted by Gasteiger charge is 2.69. The average molecular weight is 851 g/mol. The second-order valence-corrected chi connectivity index (χ2v) is 12.7. The molecule has 0 atom stereocenters. The fraction of sp³-hybridized carbons (Fsp3) is 0.361. The van der Waals surface area contributed by atoms with Crippen LogP contribution in [-0.2, 0) is 19.1 Å². The van der Waals surface area contributed by atoms with Gasteiger partial charge in [-0.1, -0.05) is 6.07 Å². The minimum Gasteiger partial charge on any atom is -0.508 e. The fourth-order valence-corrected chi connectivity index (χ4v) is 5.72. The number of thiocarbonyl (C=S) groups is 1. The molecule has 2 aliphatic rings. The molecule has 314 valence electrons. The average Bonchev–Trinajstić information content (AvgIpc) is 3.12. The van der Waals surface area contributed by atoms with Gasteiger partial charge in [-0.25, -0.2) is 14.3 Å². The van der Waals surface area contributed by atoms with Crippen molar-refractivity contribution in [2.24, 2.45) is 0 Å². The topological polar surface area (TPSA) is 180 Å². The Morgan fingerprint density at radius 3 is 2.02 bits per heavy atom. The summed E-state index contributed by atoms with van der Waals surface area (Å²) in [7, 11) is 0. The van der Waals surface area contributed by atoms with Crippen LogP contribution in [0.5, 0.6) is 5.75 Å². The number of nitrogens with one attached hydrogen (secondary N) is 3. The number of benzene rings is 3. The number of carboxylic acids is 1. The van der Waals surface area contributed by atoms with Gasteiger partial charge in [-0.2, -0.15) is 35.1 Å². The summed E-state index contributed by atoms with van der Waals surface area (Å²) in [6.07, 6.45) is -23.8. The highest BCUT2D eigenvalue weighted by atomic mass is 32.1. The summed E-state index contributed by atoms with van der Waals surface area (Å²) in [4.78, 5) is 48.2. The van der Waals surface area contributed by atoms with Crippen LogP contribution in [0.15, 0.2) is 63.8 Å². The van der Waals surface area contributed by atoms with Crippen LogP contribution in [0, 0.1) is 0 Å². The Morgan fingerprint density at radius 1 is 0.793 bits per heavy atom. The summed E-state index contributed by atoms with van der Waals surface area (Å²) in [5.74, 6) is -6.31. The summed E-state index contributed by atoms with van der Waals surface area (Å²) < 4.78 is 123. The number of likely N-dealkylation sites (N-methyl/N-ethyl adjacent to an activating group) is 1. The van der Waals surface area contributed by atoms with E-state index in [1.165, 1.54) is 53.8 Å². The number of halogens is 8. The van der Waals surface area contributed by atoms with Gasteiger partial charge in [0, 0.05) is 60.5 Å². The molecule has 22 heteroatoms. The maximum absolute atomic E-state index is 14.0. The summed E-state index contributed by atoms with van der Waals surface area (Å²) >= 11 is 5.26. The van der Waals surface area contributed by atoms with Crippen molar-refractivity contribution in [3.05, 3.63) is 70.4 Å². The van der Waals surface area contributed by atoms with Gasteiger partial charge < -0.3 is 35.5 Å². The van der Waals surface area contributed by atoms with Gasteiger partial charge in [0.15, 0.2) is 10.5 Å². The highest BCUT2D eigenvalue weighted by Crippen LogP contribution is 2.44. The molecule has 2 amide bonds. The SMILES string of the molecule is CCN(CC)C(=O)C(F)(F)OC(F)(F)C(F)(F)OC(F)(F)C(=O)NCCCCCNC(=S)Nc1ccc(-c2c3ccc(=O)cc-3oc3cc(O)ccc23)c(C(=O)O)c1. The summed E-state index contributed by atoms with van der Waals surface area (Å²) in [5, 5.41) is 27.8. The molecule has 5 N–H and O–H groups in total. The molecule has 1 heterocycles. The van der Waals surface area contributed by atoms with Crippen molar-refractivity contribution in [1.29, 1.82) is 0 Å². The number of ether oxygens (including phenoxy) is 2. The van der Waals surface area contributed by atoms with Crippen LogP contribution in [0.25, 0.3) is 33.4 Å². The lowest BCUT2D eigenvalue weighted by Crippen LogP contribution is -2.57. The number of amides is 2. The number of alkyl halides is 8. The van der Waals surface area contributed by atoms with E-state index in [0.29, 0.717) is 16.5 Å². The standard InChI is InChI=1S/C36H34F8N4O9S/c1-3-48(4-2)31(54)34(39,40)57-36(43,44)35(41,42)56-33(37,38)30(53)45-14-6-5-7-15-46-32(58)47-19-8-11-22(25(16-19)29(51)52)28-23-12-9-20(49)17-26(23)55-27-18-21(50)10-13-24(27)28/h8-13,16-18,49H,3-7,14-15H2,1-2H3,(H,45,53)(H,51,52)(H2,46,47,58). The smallest absolute Gasteiger partial charge is 0.453 e. The number of carbonyl (C=O) groups excluding carboxylic acids is 2. The third-order valence-electron chi connectivity index (χ3n) is 8.29. The third-order valence-corrected chi connectivity index (χ3v) is 8.54. The molecule has 0 spiro atoms. The first-order valence-electron chi connectivity index (χ1n) is 17.1. The normalized spacial score (nSPS) is 12.4. The van der Waals surface area contributed by atoms with E-state index in [4.69, 9.17) is 16.6 Å². The van der Waals surface area contributed by atoms with Gasteiger partial charge in [-0.05, 0) is 87.3 Å². The zero-order valence-corrected chi connectivity index (χ0v) is 31.1. The van der Waals surface area contributed by atoms with Crippen LogP contribution < -0.4 is 21.4 Å². The lowest BCUT2D eigenvalue weighted by atomic mass is 9.90. The van der Waals surface area contributed by atoms with Crippen molar-refractivity contribution in [1.82, 2.24) is 15.5 Å². The number of rotatable bonds is 18. The minimum absolute atomic E-state index is 0.0407. The number of carbonyl (C=O) groups is 3. The van der Waals surface area contributed by atoms with Crippen molar-refractivity contribution in [3.63, 3.8) is 0 Å². The molecule has 2 aromatic carbocycles. The molecule has 1 aliphatic heterocycles. The number of fused-ring (bicyclic) bond motifs is 2. The first kappa shape index (κ1) is 45.1. The number of aromatic hydroxyl groups is 1. The number of nitrogens with zero attached hydrogens (tertiary/aromatic N) is 1. The van der Waals surface area contributed by atoms with Crippen LogP contribution in [0.4, 0.5) is 40.8 Å². The van der Waals surface area contributed by atoms with Crippen molar-refractivity contribution in [2.75, 3.05) is 31.5 Å². The number of anilines is 1. The van der Waals surface area contributed by atoms with E-state index in [2.05, 4.69) is 20.1 Å². The Bertz CT molecular complexity index is 2200. The Labute approximate surface area is 328 Å². The van der Waals surface area contributed by atoms with E-state index in [1.54, 1.807) is 6.07 Å². The molecule has 13 nitrogen and oxygen atoms in total. The largest absolute Gasteiger partial charge is 0.508 e.